The Kier molecular flexibility index (Phi) is 7.22. The maximum absolute atomic E-state index is 12.2. The second-order valence-electron chi connectivity index (χ2n) is 7.12. The summed E-state index contributed by atoms with van der Waals surface area (Å²) in [5.74, 6) is -2.13. The van der Waals surface area contributed by atoms with Gasteiger partial charge in [-0.15, -0.1) is 0 Å². The van der Waals surface area contributed by atoms with E-state index in [1.807, 2.05) is 4.90 Å². The molecule has 29 heavy (non-hydrogen) atoms. The van der Waals surface area contributed by atoms with Crippen molar-refractivity contribution in [3.63, 3.8) is 0 Å². The number of amides is 2. The van der Waals surface area contributed by atoms with E-state index >= 15 is 0 Å². The molecule has 3 heterocycles. The number of hydrogen-bond donors (Lipinski definition) is 2. The van der Waals surface area contributed by atoms with E-state index in [-0.39, 0.29) is 17.7 Å². The summed E-state index contributed by atoms with van der Waals surface area (Å²) in [6, 6.07) is 2.05. The molecule has 1 aromatic rings. The van der Waals surface area contributed by atoms with Gasteiger partial charge in [0.15, 0.2) is 0 Å². The summed E-state index contributed by atoms with van der Waals surface area (Å²) in [5, 5.41) is 10.4. The molecule has 1 spiro atoms. The van der Waals surface area contributed by atoms with E-state index in [9.17, 15) is 18.0 Å². The zero-order chi connectivity index (χ0) is 21.7. The van der Waals surface area contributed by atoms with Crippen LogP contribution >= 0.6 is 0 Å². The molecule has 0 radical (unpaired) electrons. The van der Waals surface area contributed by atoms with Crippen molar-refractivity contribution < 1.29 is 32.6 Å². The van der Waals surface area contributed by atoms with Crippen molar-refractivity contribution in [1.29, 1.82) is 0 Å². The molecule has 2 amide bonds. The first kappa shape index (κ1) is 22.7. The molecule has 2 aliphatic rings. The van der Waals surface area contributed by atoms with Gasteiger partial charge in [-0.25, -0.2) is 19.6 Å². The number of nitrogens with one attached hydrogen (secondary N) is 1. The van der Waals surface area contributed by atoms with Gasteiger partial charge in [-0.1, -0.05) is 0 Å². The number of halogens is 3. The highest BCUT2D eigenvalue weighted by molar-refractivity contribution is 5.74. The van der Waals surface area contributed by atoms with E-state index in [1.54, 1.807) is 37.5 Å². The molecular formula is C17H24F3N5O4. The van der Waals surface area contributed by atoms with Crippen LogP contribution in [0.25, 0.3) is 0 Å². The van der Waals surface area contributed by atoms with Crippen LogP contribution in [0.15, 0.2) is 18.5 Å². The highest BCUT2D eigenvalue weighted by atomic mass is 19.4. The number of piperidine rings is 1. The lowest BCUT2D eigenvalue weighted by Gasteiger charge is -2.40. The van der Waals surface area contributed by atoms with E-state index in [2.05, 4.69) is 15.3 Å². The maximum atomic E-state index is 12.2. The number of likely N-dealkylation sites (tertiary alicyclic amines) is 1. The summed E-state index contributed by atoms with van der Waals surface area (Å²) in [6.45, 7) is 2.10. The minimum Gasteiger partial charge on any atom is -0.475 e. The molecule has 2 N–H and O–H groups in total. The molecule has 0 aliphatic carbocycles. The number of carbonyl (C=O) groups excluding carboxylic acids is 1. The second-order valence-corrected chi connectivity index (χ2v) is 7.12. The van der Waals surface area contributed by atoms with Gasteiger partial charge in [-0.3, -0.25) is 0 Å². The Hall–Kier alpha value is -2.63. The Morgan fingerprint density at radius 3 is 2.52 bits per heavy atom. The largest absolute Gasteiger partial charge is 0.490 e. The van der Waals surface area contributed by atoms with Gasteiger partial charge in [0.2, 0.25) is 5.95 Å². The van der Waals surface area contributed by atoms with Crippen LogP contribution in [0.2, 0.25) is 0 Å². The fourth-order valence-electron chi connectivity index (χ4n) is 3.32. The number of anilines is 1. The lowest BCUT2D eigenvalue weighted by atomic mass is 9.89. The van der Waals surface area contributed by atoms with Gasteiger partial charge in [0.25, 0.3) is 0 Å². The molecule has 9 nitrogen and oxygen atoms in total. The van der Waals surface area contributed by atoms with Crippen LogP contribution in [0, 0.1) is 0 Å². The van der Waals surface area contributed by atoms with Gasteiger partial charge >= 0.3 is 18.2 Å². The Morgan fingerprint density at radius 1 is 1.34 bits per heavy atom. The SMILES string of the molecule is CN(C)C(=O)N1CCCC2(CC(Nc3ncccn3)CO2)C1.O=C(O)C(F)(F)F. The van der Waals surface area contributed by atoms with Crippen molar-refractivity contribution in [3.05, 3.63) is 18.5 Å². The molecule has 0 aromatic carbocycles. The number of alkyl halides is 3. The average Bonchev–Trinajstić information content (AvgIpc) is 3.03. The number of carboxylic acid groups (broad SMARTS) is 1. The zero-order valence-corrected chi connectivity index (χ0v) is 16.1. The summed E-state index contributed by atoms with van der Waals surface area (Å²) in [4.78, 5) is 33.0. The van der Waals surface area contributed by atoms with Gasteiger partial charge in [-0.2, -0.15) is 13.2 Å². The lowest BCUT2D eigenvalue weighted by Crippen LogP contribution is -2.52. The van der Waals surface area contributed by atoms with Crippen LogP contribution in [0.1, 0.15) is 19.3 Å². The van der Waals surface area contributed by atoms with Crippen LogP contribution in [0.3, 0.4) is 0 Å². The van der Waals surface area contributed by atoms with Gasteiger partial charge in [0.05, 0.1) is 24.8 Å². The van der Waals surface area contributed by atoms with Crippen molar-refractivity contribution in [2.24, 2.45) is 0 Å². The van der Waals surface area contributed by atoms with Crippen molar-refractivity contribution in [3.8, 4) is 0 Å². The smallest absolute Gasteiger partial charge is 0.475 e. The van der Waals surface area contributed by atoms with Gasteiger partial charge in [0, 0.05) is 39.5 Å². The predicted molar refractivity (Wildman–Crippen MR) is 96.3 cm³/mol. The van der Waals surface area contributed by atoms with Gasteiger partial charge < -0.3 is 25.0 Å². The monoisotopic (exact) mass is 419 g/mol. The number of aliphatic carboxylic acids is 1. The summed E-state index contributed by atoms with van der Waals surface area (Å²) < 4.78 is 37.8. The third-order valence-electron chi connectivity index (χ3n) is 4.54. The molecular weight excluding hydrogens is 395 g/mol. The molecule has 2 fully saturated rings. The first-order valence-electron chi connectivity index (χ1n) is 8.96. The summed E-state index contributed by atoms with van der Waals surface area (Å²) in [5.41, 5.74) is -0.226. The first-order valence-corrected chi connectivity index (χ1v) is 8.96. The van der Waals surface area contributed by atoms with Gasteiger partial charge in [-0.05, 0) is 18.9 Å². The summed E-state index contributed by atoms with van der Waals surface area (Å²) in [6.07, 6.45) is 1.21. The number of carboxylic acids is 1. The normalized spacial score (nSPS) is 23.9. The molecule has 2 saturated heterocycles. The predicted octanol–water partition coefficient (Wildman–Crippen LogP) is 1.83. The average molecular weight is 419 g/mol. The topological polar surface area (TPSA) is 108 Å². The Labute approximate surface area is 165 Å². The third kappa shape index (κ3) is 6.44. The maximum Gasteiger partial charge on any atom is 0.490 e. The van der Waals surface area contributed by atoms with Crippen molar-refractivity contribution in [2.75, 3.05) is 39.1 Å². The molecule has 3 rings (SSSR count). The quantitative estimate of drug-likeness (QED) is 0.753. The van der Waals surface area contributed by atoms with Crippen molar-refractivity contribution in [1.82, 2.24) is 19.8 Å². The van der Waals surface area contributed by atoms with Crippen LogP contribution in [-0.4, -0.2) is 88.5 Å². The van der Waals surface area contributed by atoms with Crippen molar-refractivity contribution in [2.45, 2.75) is 37.1 Å². The van der Waals surface area contributed by atoms with Crippen LogP contribution < -0.4 is 5.32 Å². The molecule has 1 aromatic heterocycles. The van der Waals surface area contributed by atoms with Crippen LogP contribution in [0.4, 0.5) is 23.9 Å². The van der Waals surface area contributed by atoms with E-state index in [4.69, 9.17) is 14.6 Å². The van der Waals surface area contributed by atoms with Crippen LogP contribution in [0.5, 0.6) is 0 Å². The van der Waals surface area contributed by atoms with E-state index in [1.165, 1.54) is 0 Å². The second kappa shape index (κ2) is 9.25. The molecule has 0 bridgehead atoms. The fourth-order valence-corrected chi connectivity index (χ4v) is 3.32. The van der Waals surface area contributed by atoms with Gasteiger partial charge in [0.1, 0.15) is 0 Å². The molecule has 162 valence electrons. The molecule has 0 saturated carbocycles. The Bertz CT molecular complexity index is 704. The minimum absolute atomic E-state index is 0.0606. The number of urea groups is 1. The van der Waals surface area contributed by atoms with E-state index in [0.29, 0.717) is 19.1 Å². The highest BCUT2D eigenvalue weighted by Gasteiger charge is 2.45. The molecule has 12 heteroatoms. The number of aromatic nitrogens is 2. The number of carbonyl (C=O) groups is 2. The molecule has 2 aliphatic heterocycles. The summed E-state index contributed by atoms with van der Waals surface area (Å²) >= 11 is 0. The third-order valence-corrected chi connectivity index (χ3v) is 4.54. The number of hydrogen-bond acceptors (Lipinski definition) is 6. The van der Waals surface area contributed by atoms with E-state index in [0.717, 1.165) is 25.8 Å². The minimum atomic E-state index is -5.08. The zero-order valence-electron chi connectivity index (χ0n) is 16.1. The highest BCUT2D eigenvalue weighted by Crippen LogP contribution is 2.35. The Balaban J connectivity index is 0.000000370. The number of nitrogens with zero attached hydrogens (tertiary/aromatic N) is 4. The Morgan fingerprint density at radius 2 is 1.97 bits per heavy atom. The first-order chi connectivity index (χ1) is 13.5. The fraction of sp³-hybridized carbons (Fsp3) is 0.647. The standard InChI is InChI=1S/C15H23N5O2.C2HF3O2/c1-19(2)14(21)20-8-3-5-15(11-20)9-12(10-22-15)18-13-16-6-4-7-17-13;3-2(4,5)1(6)7/h4,6-7,12H,3,5,8-11H2,1-2H3,(H,16,17,18);(H,6,7). The van der Waals surface area contributed by atoms with E-state index < -0.39 is 12.1 Å². The molecule has 2 unspecified atom stereocenters. The molecule has 2 atom stereocenters. The number of rotatable bonds is 2. The lowest BCUT2D eigenvalue weighted by molar-refractivity contribution is -0.192. The van der Waals surface area contributed by atoms with Crippen molar-refractivity contribution >= 4 is 17.9 Å². The van der Waals surface area contributed by atoms with Crippen LogP contribution in [-0.2, 0) is 9.53 Å². The number of ether oxygens (including phenoxy) is 1. The summed E-state index contributed by atoms with van der Waals surface area (Å²) in [7, 11) is 3.58.